The van der Waals surface area contributed by atoms with Crippen molar-refractivity contribution < 1.29 is 0 Å². The van der Waals surface area contributed by atoms with Gasteiger partial charge in [-0.25, -0.2) is 0 Å². The third-order valence-corrected chi connectivity index (χ3v) is 2.29. The first-order valence-corrected chi connectivity index (χ1v) is 5.53. The number of aliphatic imine (C=N–C) groups is 1. The molecule has 0 aromatic rings. The Hall–Kier alpha value is -0.850. The van der Waals surface area contributed by atoms with Crippen LogP contribution >= 0.6 is 0 Å². The van der Waals surface area contributed by atoms with Crippen LogP contribution in [0.25, 0.3) is 0 Å². The van der Waals surface area contributed by atoms with Crippen molar-refractivity contribution in [1.29, 1.82) is 0 Å². The summed E-state index contributed by atoms with van der Waals surface area (Å²) in [6.45, 7) is 12.9. The van der Waals surface area contributed by atoms with E-state index in [1.54, 1.807) is 0 Å². The van der Waals surface area contributed by atoms with Crippen molar-refractivity contribution in [3.8, 4) is 0 Å². The van der Waals surface area contributed by atoms with E-state index in [9.17, 15) is 0 Å². The van der Waals surface area contributed by atoms with E-state index in [0.717, 1.165) is 18.7 Å². The Morgan fingerprint density at radius 2 is 2.07 bits per heavy atom. The minimum atomic E-state index is 0.464. The van der Waals surface area contributed by atoms with Crippen molar-refractivity contribution in [2.24, 2.45) is 10.9 Å². The summed E-state index contributed by atoms with van der Waals surface area (Å²) >= 11 is 0. The summed E-state index contributed by atoms with van der Waals surface area (Å²) < 4.78 is 0. The molecule has 0 aromatic carbocycles. The molecular weight excluding hydrogens is 170 g/mol. The number of hydrogen-bond acceptors (Lipinski definition) is 1. The van der Waals surface area contributed by atoms with Crippen molar-refractivity contribution in [2.75, 3.05) is 6.54 Å². The summed E-state index contributed by atoms with van der Waals surface area (Å²) in [7, 11) is 0. The molecule has 1 atom stereocenters. The third-order valence-electron chi connectivity index (χ3n) is 2.29. The van der Waals surface area contributed by atoms with Crippen molar-refractivity contribution in [2.45, 2.75) is 39.5 Å². The van der Waals surface area contributed by atoms with Crippen molar-refractivity contribution in [3.63, 3.8) is 0 Å². The van der Waals surface area contributed by atoms with Crippen LogP contribution in [0.4, 0.5) is 0 Å². The highest BCUT2D eigenvalue weighted by atomic mass is 14.7. The molecule has 0 aromatic heterocycles. The summed E-state index contributed by atoms with van der Waals surface area (Å²) in [5, 5.41) is 0. The molecule has 0 saturated carbocycles. The zero-order chi connectivity index (χ0) is 10.8. The van der Waals surface area contributed by atoms with Gasteiger partial charge >= 0.3 is 0 Å². The summed E-state index contributed by atoms with van der Waals surface area (Å²) in [4.78, 5) is 4.55. The minimum absolute atomic E-state index is 0.464. The third kappa shape index (κ3) is 5.74. The zero-order valence-electron chi connectivity index (χ0n) is 9.63. The molecule has 0 radical (unpaired) electrons. The summed E-state index contributed by atoms with van der Waals surface area (Å²) in [5.74, 6) is 0.464. The lowest BCUT2D eigenvalue weighted by atomic mass is 10.0. The Morgan fingerprint density at radius 1 is 1.36 bits per heavy atom. The second kappa shape index (κ2) is 8.74. The van der Waals surface area contributed by atoms with Crippen LogP contribution in [-0.2, 0) is 0 Å². The van der Waals surface area contributed by atoms with E-state index in [4.69, 9.17) is 0 Å². The zero-order valence-corrected chi connectivity index (χ0v) is 9.63. The van der Waals surface area contributed by atoms with Crippen LogP contribution in [0, 0.1) is 5.92 Å². The van der Waals surface area contributed by atoms with Crippen molar-refractivity contribution in [3.05, 3.63) is 25.3 Å². The molecule has 0 fully saturated rings. The highest BCUT2D eigenvalue weighted by Gasteiger charge is 2.03. The van der Waals surface area contributed by atoms with Crippen LogP contribution in [0.15, 0.2) is 30.3 Å². The second-order valence-corrected chi connectivity index (χ2v) is 3.64. The molecule has 0 N–H and O–H groups in total. The standard InChI is InChI=1S/C13H23N/c1-5-8-9-11-14-13(7-3)12(4)10-6-2/h6-7,12H,2-3,5,8-11H2,1,4H3. The Morgan fingerprint density at radius 3 is 2.57 bits per heavy atom. The number of nitrogens with zero attached hydrogens (tertiary/aromatic N) is 1. The van der Waals surface area contributed by atoms with Gasteiger partial charge in [0.15, 0.2) is 0 Å². The summed E-state index contributed by atoms with van der Waals surface area (Å²) in [6.07, 6.45) is 8.51. The topological polar surface area (TPSA) is 12.4 Å². The SMILES string of the molecule is C=CCC(C)C(C=C)=NCCCCC. The lowest BCUT2D eigenvalue weighted by Crippen LogP contribution is -2.07. The average Bonchev–Trinajstić information content (AvgIpc) is 2.18. The van der Waals surface area contributed by atoms with E-state index in [2.05, 4.69) is 32.0 Å². The van der Waals surface area contributed by atoms with Gasteiger partial charge in [0.2, 0.25) is 0 Å². The van der Waals surface area contributed by atoms with Crippen LogP contribution < -0.4 is 0 Å². The van der Waals surface area contributed by atoms with Crippen molar-refractivity contribution >= 4 is 5.71 Å². The normalized spacial score (nSPS) is 13.7. The molecule has 1 heteroatoms. The molecule has 0 amide bonds. The van der Waals surface area contributed by atoms with Gasteiger partial charge in [0.05, 0.1) is 0 Å². The van der Waals surface area contributed by atoms with E-state index in [1.165, 1.54) is 19.3 Å². The molecule has 0 aliphatic rings. The van der Waals surface area contributed by atoms with Gasteiger partial charge in [-0.2, -0.15) is 0 Å². The Kier molecular flexibility index (Phi) is 8.20. The van der Waals surface area contributed by atoms with Gasteiger partial charge in [0.25, 0.3) is 0 Å². The molecule has 0 heterocycles. The van der Waals surface area contributed by atoms with Crippen LogP contribution in [-0.4, -0.2) is 12.3 Å². The van der Waals surface area contributed by atoms with Crippen LogP contribution in [0.3, 0.4) is 0 Å². The lowest BCUT2D eigenvalue weighted by molar-refractivity contribution is 0.718. The number of unbranched alkanes of at least 4 members (excludes halogenated alkanes) is 2. The van der Waals surface area contributed by atoms with Gasteiger partial charge in [-0.1, -0.05) is 39.3 Å². The molecular formula is C13H23N. The average molecular weight is 193 g/mol. The van der Waals surface area contributed by atoms with E-state index >= 15 is 0 Å². The lowest BCUT2D eigenvalue weighted by Gasteiger charge is -2.08. The van der Waals surface area contributed by atoms with E-state index < -0.39 is 0 Å². The molecule has 0 aliphatic carbocycles. The molecule has 1 nitrogen and oxygen atoms in total. The molecule has 0 spiro atoms. The first-order chi connectivity index (χ1) is 6.76. The largest absolute Gasteiger partial charge is 0.290 e. The maximum absolute atomic E-state index is 4.55. The summed E-state index contributed by atoms with van der Waals surface area (Å²) in [6, 6.07) is 0. The summed E-state index contributed by atoms with van der Waals surface area (Å²) in [5.41, 5.74) is 1.13. The fourth-order valence-electron chi connectivity index (χ4n) is 1.36. The Labute approximate surface area is 88.6 Å². The van der Waals surface area contributed by atoms with E-state index in [0.29, 0.717) is 5.92 Å². The van der Waals surface area contributed by atoms with Gasteiger partial charge in [0.1, 0.15) is 0 Å². The predicted molar refractivity (Wildman–Crippen MR) is 66.0 cm³/mol. The molecule has 1 unspecified atom stereocenters. The number of allylic oxidation sites excluding steroid dienone is 2. The molecule has 14 heavy (non-hydrogen) atoms. The quantitative estimate of drug-likeness (QED) is 0.314. The van der Waals surface area contributed by atoms with Gasteiger partial charge in [-0.15, -0.1) is 6.58 Å². The fraction of sp³-hybridized carbons (Fsp3) is 0.615. The second-order valence-electron chi connectivity index (χ2n) is 3.64. The smallest absolute Gasteiger partial charge is 0.0392 e. The first-order valence-electron chi connectivity index (χ1n) is 5.53. The molecule has 0 saturated heterocycles. The van der Waals surface area contributed by atoms with Crippen LogP contribution in [0.1, 0.15) is 39.5 Å². The maximum Gasteiger partial charge on any atom is 0.0392 e. The van der Waals surface area contributed by atoms with Crippen LogP contribution in [0.2, 0.25) is 0 Å². The van der Waals surface area contributed by atoms with Crippen molar-refractivity contribution in [1.82, 2.24) is 0 Å². The highest BCUT2D eigenvalue weighted by Crippen LogP contribution is 2.07. The highest BCUT2D eigenvalue weighted by molar-refractivity contribution is 5.96. The number of rotatable bonds is 8. The predicted octanol–water partition coefficient (Wildman–Crippen LogP) is 4.02. The Bertz CT molecular complexity index is 191. The molecule has 0 bridgehead atoms. The molecule has 0 rings (SSSR count). The monoisotopic (exact) mass is 193 g/mol. The van der Waals surface area contributed by atoms with Gasteiger partial charge in [0, 0.05) is 18.2 Å². The van der Waals surface area contributed by atoms with E-state index in [-0.39, 0.29) is 0 Å². The van der Waals surface area contributed by atoms with E-state index in [1.807, 2.05) is 12.2 Å². The van der Waals surface area contributed by atoms with Gasteiger partial charge in [-0.05, 0) is 18.9 Å². The van der Waals surface area contributed by atoms with Crippen LogP contribution in [0.5, 0.6) is 0 Å². The minimum Gasteiger partial charge on any atom is -0.290 e. The molecule has 80 valence electrons. The number of hydrogen-bond donors (Lipinski definition) is 0. The maximum atomic E-state index is 4.55. The first kappa shape index (κ1) is 13.2. The van der Waals surface area contributed by atoms with Gasteiger partial charge < -0.3 is 0 Å². The Balaban J connectivity index is 3.97. The molecule has 0 aliphatic heterocycles. The fourth-order valence-corrected chi connectivity index (χ4v) is 1.36. The van der Waals surface area contributed by atoms with Gasteiger partial charge in [-0.3, -0.25) is 4.99 Å².